The summed E-state index contributed by atoms with van der Waals surface area (Å²) in [6, 6.07) is 8.40. The molecule has 0 bridgehead atoms. The van der Waals surface area contributed by atoms with E-state index >= 15 is 0 Å². The van der Waals surface area contributed by atoms with Crippen LogP contribution in [-0.4, -0.2) is 38.3 Å². The lowest BCUT2D eigenvalue weighted by Crippen LogP contribution is -2.45. The molecule has 5 nitrogen and oxygen atoms in total. The van der Waals surface area contributed by atoms with Gasteiger partial charge in [0.15, 0.2) is 0 Å². The third kappa shape index (κ3) is 4.08. The predicted octanol–water partition coefficient (Wildman–Crippen LogP) is 1.86. The number of nitrogens with one attached hydrogen (secondary N) is 1. The third-order valence-electron chi connectivity index (χ3n) is 3.82. The number of benzene rings is 1. The molecular weight excluding hydrogens is 300 g/mol. The van der Waals surface area contributed by atoms with Crippen LogP contribution in [0.15, 0.2) is 35.2 Å². The summed E-state index contributed by atoms with van der Waals surface area (Å²) >= 11 is 0. The average Bonchev–Trinajstić information content (AvgIpc) is 2.53. The average molecular weight is 324 g/mol. The van der Waals surface area contributed by atoms with E-state index in [-0.39, 0.29) is 18.4 Å². The van der Waals surface area contributed by atoms with Crippen molar-refractivity contribution in [2.45, 2.75) is 31.6 Å². The fourth-order valence-electron chi connectivity index (χ4n) is 2.57. The normalized spacial score (nSPS) is 20.0. The molecule has 1 aliphatic rings. The summed E-state index contributed by atoms with van der Waals surface area (Å²) in [6.45, 7) is 5.44. The zero-order chi connectivity index (χ0) is 16.2. The van der Waals surface area contributed by atoms with Gasteiger partial charge in [0, 0.05) is 19.6 Å². The standard InChI is InChI=1S/C16H24N2O3S/c1-13(2)11-17-16(19)14-7-6-10-18(12-14)22(20,21)15-8-4-3-5-9-15/h3-5,8-9,13-14H,6-7,10-12H2,1-2H3,(H,17,19)/t14-/m1/s1. The summed E-state index contributed by atoms with van der Waals surface area (Å²) in [5.74, 6) is 0.0874. The van der Waals surface area contributed by atoms with Gasteiger partial charge in [-0.15, -0.1) is 0 Å². The minimum absolute atomic E-state index is 0.0401. The Kier molecular flexibility index (Phi) is 5.58. The van der Waals surface area contributed by atoms with Crippen LogP contribution in [0.1, 0.15) is 26.7 Å². The van der Waals surface area contributed by atoms with Gasteiger partial charge in [0.1, 0.15) is 0 Å². The molecule has 1 amide bonds. The highest BCUT2D eigenvalue weighted by molar-refractivity contribution is 7.89. The second-order valence-electron chi connectivity index (χ2n) is 6.15. The maximum absolute atomic E-state index is 12.6. The molecule has 1 N–H and O–H groups in total. The van der Waals surface area contributed by atoms with Crippen LogP contribution in [0.3, 0.4) is 0 Å². The van der Waals surface area contributed by atoms with Crippen molar-refractivity contribution in [3.8, 4) is 0 Å². The Hall–Kier alpha value is -1.40. The van der Waals surface area contributed by atoms with E-state index in [1.54, 1.807) is 30.3 Å². The number of carbonyl (C=O) groups excluding carboxylic acids is 1. The number of piperidine rings is 1. The molecule has 2 rings (SSSR count). The Morgan fingerprint density at radius 3 is 2.64 bits per heavy atom. The van der Waals surface area contributed by atoms with Gasteiger partial charge in [0.05, 0.1) is 10.8 Å². The second kappa shape index (κ2) is 7.24. The predicted molar refractivity (Wildman–Crippen MR) is 85.8 cm³/mol. The third-order valence-corrected chi connectivity index (χ3v) is 5.70. The first-order chi connectivity index (χ1) is 10.4. The molecule has 1 atom stereocenters. The van der Waals surface area contributed by atoms with Crippen LogP contribution in [0.4, 0.5) is 0 Å². The van der Waals surface area contributed by atoms with Gasteiger partial charge in [0.25, 0.3) is 0 Å². The summed E-state index contributed by atoms with van der Waals surface area (Å²) in [4.78, 5) is 12.5. The van der Waals surface area contributed by atoms with Gasteiger partial charge in [-0.2, -0.15) is 4.31 Å². The highest BCUT2D eigenvalue weighted by atomic mass is 32.2. The van der Waals surface area contributed by atoms with E-state index in [1.165, 1.54) is 4.31 Å². The highest BCUT2D eigenvalue weighted by Gasteiger charge is 2.33. The number of nitrogens with zero attached hydrogens (tertiary/aromatic N) is 1. The van der Waals surface area contributed by atoms with Gasteiger partial charge in [-0.25, -0.2) is 8.42 Å². The molecule has 1 aromatic carbocycles. The van der Waals surface area contributed by atoms with Crippen LogP contribution in [-0.2, 0) is 14.8 Å². The lowest BCUT2D eigenvalue weighted by atomic mass is 9.98. The van der Waals surface area contributed by atoms with E-state index in [4.69, 9.17) is 0 Å². The molecule has 0 radical (unpaired) electrons. The lowest BCUT2D eigenvalue weighted by molar-refractivity contribution is -0.126. The summed E-state index contributed by atoms with van der Waals surface area (Å²) in [7, 11) is -3.51. The Bertz CT molecular complexity index is 599. The van der Waals surface area contributed by atoms with Crippen molar-refractivity contribution < 1.29 is 13.2 Å². The van der Waals surface area contributed by atoms with E-state index in [0.717, 1.165) is 6.42 Å². The van der Waals surface area contributed by atoms with Crippen molar-refractivity contribution in [1.29, 1.82) is 0 Å². The Morgan fingerprint density at radius 2 is 2.00 bits per heavy atom. The van der Waals surface area contributed by atoms with Gasteiger partial charge in [-0.3, -0.25) is 4.79 Å². The van der Waals surface area contributed by atoms with E-state index in [2.05, 4.69) is 5.32 Å². The van der Waals surface area contributed by atoms with Gasteiger partial charge < -0.3 is 5.32 Å². The first kappa shape index (κ1) is 17.0. The Balaban J connectivity index is 2.06. The van der Waals surface area contributed by atoms with E-state index < -0.39 is 10.0 Å². The first-order valence-electron chi connectivity index (χ1n) is 7.74. The van der Waals surface area contributed by atoms with E-state index in [0.29, 0.717) is 30.3 Å². The molecule has 122 valence electrons. The molecule has 6 heteroatoms. The van der Waals surface area contributed by atoms with Crippen LogP contribution in [0, 0.1) is 11.8 Å². The van der Waals surface area contributed by atoms with Crippen molar-refractivity contribution >= 4 is 15.9 Å². The fourth-order valence-corrected chi connectivity index (χ4v) is 4.11. The molecule has 1 fully saturated rings. The molecule has 0 unspecified atom stereocenters. The minimum Gasteiger partial charge on any atom is -0.356 e. The lowest BCUT2D eigenvalue weighted by Gasteiger charge is -2.31. The summed E-state index contributed by atoms with van der Waals surface area (Å²) in [5.41, 5.74) is 0. The summed E-state index contributed by atoms with van der Waals surface area (Å²) in [6.07, 6.45) is 1.45. The van der Waals surface area contributed by atoms with Crippen LogP contribution in [0.25, 0.3) is 0 Å². The summed E-state index contributed by atoms with van der Waals surface area (Å²) < 4.78 is 26.7. The van der Waals surface area contributed by atoms with Crippen LogP contribution >= 0.6 is 0 Å². The van der Waals surface area contributed by atoms with E-state index in [9.17, 15) is 13.2 Å². The number of hydrogen-bond donors (Lipinski definition) is 1. The Morgan fingerprint density at radius 1 is 1.32 bits per heavy atom. The number of carbonyl (C=O) groups is 1. The summed E-state index contributed by atoms with van der Waals surface area (Å²) in [5, 5.41) is 2.90. The molecule has 0 aromatic heterocycles. The maximum atomic E-state index is 12.6. The molecule has 0 spiro atoms. The zero-order valence-electron chi connectivity index (χ0n) is 13.2. The van der Waals surface area contributed by atoms with Crippen molar-refractivity contribution in [2.24, 2.45) is 11.8 Å². The first-order valence-corrected chi connectivity index (χ1v) is 9.18. The van der Waals surface area contributed by atoms with Crippen molar-refractivity contribution in [2.75, 3.05) is 19.6 Å². The topological polar surface area (TPSA) is 66.5 Å². The molecule has 22 heavy (non-hydrogen) atoms. The molecule has 1 aliphatic heterocycles. The molecule has 1 heterocycles. The van der Waals surface area contributed by atoms with Crippen molar-refractivity contribution in [3.63, 3.8) is 0 Å². The maximum Gasteiger partial charge on any atom is 0.243 e. The van der Waals surface area contributed by atoms with E-state index in [1.807, 2.05) is 13.8 Å². The fraction of sp³-hybridized carbons (Fsp3) is 0.562. The molecule has 1 saturated heterocycles. The second-order valence-corrected chi connectivity index (χ2v) is 8.09. The zero-order valence-corrected chi connectivity index (χ0v) is 14.0. The SMILES string of the molecule is CC(C)CNC(=O)[C@@H]1CCCN(S(=O)(=O)c2ccccc2)C1. The van der Waals surface area contributed by atoms with Crippen molar-refractivity contribution in [1.82, 2.24) is 9.62 Å². The smallest absolute Gasteiger partial charge is 0.243 e. The molecule has 1 aromatic rings. The molecule has 0 aliphatic carbocycles. The van der Waals surface area contributed by atoms with Crippen molar-refractivity contribution in [3.05, 3.63) is 30.3 Å². The van der Waals surface area contributed by atoms with Crippen LogP contribution in [0.2, 0.25) is 0 Å². The van der Waals surface area contributed by atoms with Gasteiger partial charge in [0.2, 0.25) is 15.9 Å². The number of amides is 1. The van der Waals surface area contributed by atoms with Gasteiger partial charge in [-0.1, -0.05) is 32.0 Å². The number of sulfonamides is 1. The van der Waals surface area contributed by atoms with Crippen LogP contribution in [0.5, 0.6) is 0 Å². The van der Waals surface area contributed by atoms with Crippen LogP contribution < -0.4 is 5.32 Å². The number of hydrogen-bond acceptors (Lipinski definition) is 3. The molecule has 0 saturated carbocycles. The monoisotopic (exact) mass is 324 g/mol. The van der Waals surface area contributed by atoms with Gasteiger partial charge in [-0.05, 0) is 30.9 Å². The minimum atomic E-state index is -3.51. The molecular formula is C16H24N2O3S. The van der Waals surface area contributed by atoms with Gasteiger partial charge >= 0.3 is 0 Å². The Labute approximate surface area is 132 Å². The number of rotatable bonds is 5. The largest absolute Gasteiger partial charge is 0.356 e. The quantitative estimate of drug-likeness (QED) is 0.899. The highest BCUT2D eigenvalue weighted by Crippen LogP contribution is 2.23.